The molecule has 4 atom stereocenters. The standard InChI is InChI=1S/C16H30N2O3/c1-3-11(4-2)14(19)10-17-16(20)18-13-6-5-7-15-12(13)8-9-21-15/h11-15,19H,3-10H2,1-2H3,(H2,17,18,20). The van der Waals surface area contributed by atoms with Crippen molar-refractivity contribution >= 4 is 6.03 Å². The Kier molecular flexibility index (Phi) is 6.30. The molecule has 0 aromatic rings. The average Bonchev–Trinajstić information content (AvgIpc) is 2.96. The largest absolute Gasteiger partial charge is 0.391 e. The van der Waals surface area contributed by atoms with Crippen molar-refractivity contribution in [2.75, 3.05) is 13.2 Å². The molecule has 0 aromatic heterocycles. The van der Waals surface area contributed by atoms with E-state index in [4.69, 9.17) is 4.74 Å². The Bertz CT molecular complexity index is 333. The number of urea groups is 1. The van der Waals surface area contributed by atoms with Crippen LogP contribution in [0.15, 0.2) is 0 Å². The maximum absolute atomic E-state index is 12.0. The molecular formula is C16H30N2O3. The number of carbonyl (C=O) groups excluding carboxylic acids is 1. The van der Waals surface area contributed by atoms with Gasteiger partial charge in [0.2, 0.25) is 0 Å². The molecule has 1 aliphatic heterocycles. The molecule has 21 heavy (non-hydrogen) atoms. The summed E-state index contributed by atoms with van der Waals surface area (Å²) in [6.07, 6.45) is 6.06. The van der Waals surface area contributed by atoms with Crippen LogP contribution in [-0.4, -0.2) is 42.5 Å². The van der Waals surface area contributed by atoms with E-state index in [0.29, 0.717) is 18.6 Å². The summed E-state index contributed by atoms with van der Waals surface area (Å²) in [5, 5.41) is 15.9. The van der Waals surface area contributed by atoms with Gasteiger partial charge in [-0.15, -0.1) is 0 Å². The van der Waals surface area contributed by atoms with Crippen LogP contribution in [0.4, 0.5) is 4.79 Å². The van der Waals surface area contributed by atoms with E-state index >= 15 is 0 Å². The van der Waals surface area contributed by atoms with Crippen LogP contribution in [-0.2, 0) is 4.74 Å². The molecular weight excluding hydrogens is 268 g/mol. The Balaban J connectivity index is 1.74. The van der Waals surface area contributed by atoms with E-state index in [1.54, 1.807) is 0 Å². The van der Waals surface area contributed by atoms with Gasteiger partial charge in [-0.25, -0.2) is 4.79 Å². The van der Waals surface area contributed by atoms with Crippen LogP contribution in [0.3, 0.4) is 0 Å². The summed E-state index contributed by atoms with van der Waals surface area (Å²) in [4.78, 5) is 12.0. The molecule has 5 nitrogen and oxygen atoms in total. The van der Waals surface area contributed by atoms with E-state index in [2.05, 4.69) is 24.5 Å². The van der Waals surface area contributed by atoms with Gasteiger partial charge in [0, 0.05) is 25.1 Å². The molecule has 5 heteroatoms. The summed E-state index contributed by atoms with van der Waals surface area (Å²) in [5.74, 6) is 0.723. The zero-order valence-corrected chi connectivity index (χ0v) is 13.3. The number of aliphatic hydroxyl groups excluding tert-OH is 1. The minimum absolute atomic E-state index is 0.155. The smallest absolute Gasteiger partial charge is 0.315 e. The number of aliphatic hydroxyl groups is 1. The lowest BCUT2D eigenvalue weighted by atomic mass is 9.82. The second-order valence-corrected chi connectivity index (χ2v) is 6.40. The van der Waals surface area contributed by atoms with Gasteiger partial charge in [-0.3, -0.25) is 0 Å². The van der Waals surface area contributed by atoms with Gasteiger partial charge in [-0.1, -0.05) is 26.7 Å². The molecule has 0 aromatic carbocycles. The topological polar surface area (TPSA) is 70.6 Å². The predicted octanol–water partition coefficient (Wildman–Crippen LogP) is 2.04. The third-order valence-corrected chi connectivity index (χ3v) is 5.16. The second-order valence-electron chi connectivity index (χ2n) is 6.40. The number of hydrogen-bond donors (Lipinski definition) is 3. The van der Waals surface area contributed by atoms with Gasteiger partial charge in [0.15, 0.2) is 0 Å². The molecule has 1 saturated carbocycles. The van der Waals surface area contributed by atoms with Crippen molar-refractivity contribution < 1.29 is 14.6 Å². The van der Waals surface area contributed by atoms with E-state index in [1.807, 2.05) is 0 Å². The molecule has 2 fully saturated rings. The van der Waals surface area contributed by atoms with Crippen molar-refractivity contribution in [3.8, 4) is 0 Å². The van der Waals surface area contributed by atoms with Crippen LogP contribution in [0.2, 0.25) is 0 Å². The van der Waals surface area contributed by atoms with E-state index in [1.165, 1.54) is 0 Å². The zero-order chi connectivity index (χ0) is 15.2. The first-order chi connectivity index (χ1) is 10.2. The van der Waals surface area contributed by atoms with Crippen molar-refractivity contribution in [1.82, 2.24) is 10.6 Å². The zero-order valence-electron chi connectivity index (χ0n) is 13.3. The Morgan fingerprint density at radius 1 is 1.29 bits per heavy atom. The number of ether oxygens (including phenoxy) is 1. The SMILES string of the molecule is CCC(CC)C(O)CNC(=O)NC1CCCC2OCCC12. The summed E-state index contributed by atoms with van der Waals surface area (Å²) in [6, 6.07) is 0.0640. The molecule has 1 saturated heterocycles. The monoisotopic (exact) mass is 298 g/mol. The molecule has 0 radical (unpaired) electrons. The van der Waals surface area contributed by atoms with Crippen LogP contribution in [0.1, 0.15) is 52.4 Å². The molecule has 2 amide bonds. The van der Waals surface area contributed by atoms with E-state index in [0.717, 1.165) is 45.1 Å². The van der Waals surface area contributed by atoms with Gasteiger partial charge in [-0.2, -0.15) is 0 Å². The summed E-state index contributed by atoms with van der Waals surface area (Å²) in [6.45, 7) is 5.29. The van der Waals surface area contributed by atoms with Crippen molar-refractivity contribution in [3.05, 3.63) is 0 Å². The van der Waals surface area contributed by atoms with E-state index < -0.39 is 6.10 Å². The van der Waals surface area contributed by atoms with E-state index in [-0.39, 0.29) is 18.0 Å². The quantitative estimate of drug-likeness (QED) is 0.703. The van der Waals surface area contributed by atoms with Crippen LogP contribution >= 0.6 is 0 Å². The van der Waals surface area contributed by atoms with Crippen molar-refractivity contribution in [2.45, 2.75) is 70.6 Å². The maximum atomic E-state index is 12.0. The first-order valence-electron chi connectivity index (χ1n) is 8.49. The first-order valence-corrected chi connectivity index (χ1v) is 8.49. The summed E-state index contributed by atoms with van der Waals surface area (Å²) >= 11 is 0. The van der Waals surface area contributed by atoms with Crippen LogP contribution in [0.25, 0.3) is 0 Å². The number of hydrogen-bond acceptors (Lipinski definition) is 3. The number of rotatable bonds is 6. The lowest BCUT2D eigenvalue weighted by molar-refractivity contribution is 0.0546. The average molecular weight is 298 g/mol. The second kappa shape index (κ2) is 7.99. The Labute approximate surface area is 127 Å². The van der Waals surface area contributed by atoms with Gasteiger partial charge in [0.1, 0.15) is 0 Å². The van der Waals surface area contributed by atoms with Gasteiger partial charge in [0.05, 0.1) is 12.2 Å². The predicted molar refractivity (Wildman–Crippen MR) is 82.1 cm³/mol. The molecule has 2 aliphatic rings. The molecule has 0 spiro atoms. The molecule has 4 unspecified atom stereocenters. The first kappa shape index (κ1) is 16.6. The fourth-order valence-electron chi connectivity index (χ4n) is 3.77. The lowest BCUT2D eigenvalue weighted by Gasteiger charge is -2.33. The molecule has 1 aliphatic carbocycles. The summed E-state index contributed by atoms with van der Waals surface area (Å²) in [5.41, 5.74) is 0. The molecule has 0 bridgehead atoms. The fourth-order valence-corrected chi connectivity index (χ4v) is 3.77. The highest BCUT2D eigenvalue weighted by Gasteiger charge is 2.38. The van der Waals surface area contributed by atoms with Crippen LogP contribution < -0.4 is 10.6 Å². The highest BCUT2D eigenvalue weighted by Crippen LogP contribution is 2.34. The lowest BCUT2D eigenvalue weighted by Crippen LogP contribution is -2.50. The summed E-state index contributed by atoms with van der Waals surface area (Å²) in [7, 11) is 0. The molecule has 1 heterocycles. The van der Waals surface area contributed by atoms with Crippen molar-refractivity contribution in [1.29, 1.82) is 0 Å². The maximum Gasteiger partial charge on any atom is 0.315 e. The molecule has 2 rings (SSSR count). The van der Waals surface area contributed by atoms with Gasteiger partial charge < -0.3 is 20.5 Å². The number of nitrogens with one attached hydrogen (secondary N) is 2. The summed E-state index contributed by atoms with van der Waals surface area (Å²) < 4.78 is 5.72. The Morgan fingerprint density at radius 3 is 2.76 bits per heavy atom. The normalized spacial score (nSPS) is 30.0. The molecule has 122 valence electrons. The van der Waals surface area contributed by atoms with E-state index in [9.17, 15) is 9.90 Å². The van der Waals surface area contributed by atoms with Crippen LogP contribution in [0.5, 0.6) is 0 Å². The highest BCUT2D eigenvalue weighted by molar-refractivity contribution is 5.74. The Hall–Kier alpha value is -0.810. The van der Waals surface area contributed by atoms with Crippen LogP contribution in [0, 0.1) is 11.8 Å². The highest BCUT2D eigenvalue weighted by atomic mass is 16.5. The third-order valence-electron chi connectivity index (χ3n) is 5.16. The minimum Gasteiger partial charge on any atom is -0.391 e. The van der Waals surface area contributed by atoms with Gasteiger partial charge in [0.25, 0.3) is 0 Å². The minimum atomic E-state index is -0.459. The number of fused-ring (bicyclic) bond motifs is 1. The Morgan fingerprint density at radius 2 is 2.05 bits per heavy atom. The number of carbonyl (C=O) groups is 1. The van der Waals surface area contributed by atoms with Crippen molar-refractivity contribution in [2.24, 2.45) is 11.8 Å². The molecule has 3 N–H and O–H groups in total. The van der Waals surface area contributed by atoms with Gasteiger partial charge >= 0.3 is 6.03 Å². The van der Waals surface area contributed by atoms with Gasteiger partial charge in [-0.05, 0) is 31.6 Å². The fraction of sp³-hybridized carbons (Fsp3) is 0.938. The number of amides is 2. The van der Waals surface area contributed by atoms with Crippen molar-refractivity contribution in [3.63, 3.8) is 0 Å². The third kappa shape index (κ3) is 4.33.